The predicted molar refractivity (Wildman–Crippen MR) is 62.2 cm³/mol. The number of amides is 1. The van der Waals surface area contributed by atoms with E-state index < -0.39 is 5.95 Å². The van der Waals surface area contributed by atoms with Crippen LogP contribution in [-0.2, 0) is 4.74 Å². The summed E-state index contributed by atoms with van der Waals surface area (Å²) < 4.78 is 18.3. The number of hydrogen-bond donors (Lipinski definition) is 0. The first-order valence-corrected chi connectivity index (χ1v) is 5.48. The van der Waals surface area contributed by atoms with Crippen LogP contribution in [0.5, 0.6) is 0 Å². The van der Waals surface area contributed by atoms with Crippen LogP contribution in [0.1, 0.15) is 24.2 Å². The van der Waals surface area contributed by atoms with Crippen molar-refractivity contribution in [2.45, 2.75) is 19.9 Å². The summed E-state index contributed by atoms with van der Waals surface area (Å²) in [4.78, 5) is 17.1. The molecule has 0 unspecified atom stereocenters. The molecule has 0 fully saturated rings. The van der Waals surface area contributed by atoms with Crippen LogP contribution in [0.3, 0.4) is 0 Å². The van der Waals surface area contributed by atoms with Gasteiger partial charge in [-0.15, -0.1) is 0 Å². The van der Waals surface area contributed by atoms with Crippen molar-refractivity contribution in [2.75, 3.05) is 20.3 Å². The van der Waals surface area contributed by atoms with Crippen molar-refractivity contribution in [2.24, 2.45) is 0 Å². The van der Waals surface area contributed by atoms with Gasteiger partial charge in [-0.1, -0.05) is 0 Å². The van der Waals surface area contributed by atoms with Crippen molar-refractivity contribution in [1.82, 2.24) is 9.88 Å². The fourth-order valence-corrected chi connectivity index (χ4v) is 1.48. The Hall–Kier alpha value is -1.49. The summed E-state index contributed by atoms with van der Waals surface area (Å²) in [5.74, 6) is -1.09. The van der Waals surface area contributed by atoms with Gasteiger partial charge in [-0.25, -0.2) is 4.98 Å². The van der Waals surface area contributed by atoms with Crippen molar-refractivity contribution in [3.05, 3.63) is 29.8 Å². The molecule has 4 nitrogen and oxygen atoms in total. The summed E-state index contributed by atoms with van der Waals surface area (Å²) in [7, 11) is 1.56. The Bertz CT molecular complexity index is 383. The van der Waals surface area contributed by atoms with E-state index in [9.17, 15) is 9.18 Å². The first-order valence-electron chi connectivity index (χ1n) is 5.48. The van der Waals surface area contributed by atoms with Crippen LogP contribution < -0.4 is 0 Å². The van der Waals surface area contributed by atoms with Crippen molar-refractivity contribution in [3.63, 3.8) is 0 Å². The smallest absolute Gasteiger partial charge is 0.258 e. The Morgan fingerprint density at radius 1 is 1.59 bits per heavy atom. The van der Waals surface area contributed by atoms with Gasteiger partial charge in [0.2, 0.25) is 5.95 Å². The Morgan fingerprint density at radius 3 is 2.82 bits per heavy atom. The minimum absolute atomic E-state index is 0.00250. The van der Waals surface area contributed by atoms with Gasteiger partial charge in [0.15, 0.2) is 0 Å². The van der Waals surface area contributed by atoms with Gasteiger partial charge in [0.05, 0.1) is 12.2 Å². The highest BCUT2D eigenvalue weighted by molar-refractivity contribution is 5.94. The summed E-state index contributed by atoms with van der Waals surface area (Å²) in [6, 6.07) is 2.97. The van der Waals surface area contributed by atoms with E-state index in [0.717, 1.165) is 0 Å². The zero-order valence-corrected chi connectivity index (χ0v) is 10.3. The molecular weight excluding hydrogens is 223 g/mol. The van der Waals surface area contributed by atoms with Crippen LogP contribution in [0.2, 0.25) is 0 Å². The van der Waals surface area contributed by atoms with Crippen molar-refractivity contribution in [3.8, 4) is 0 Å². The lowest BCUT2D eigenvalue weighted by atomic mass is 10.2. The zero-order valence-electron chi connectivity index (χ0n) is 10.3. The monoisotopic (exact) mass is 240 g/mol. The van der Waals surface area contributed by atoms with E-state index >= 15 is 0 Å². The molecule has 0 atom stereocenters. The lowest BCUT2D eigenvalue weighted by Gasteiger charge is -2.26. The second kappa shape index (κ2) is 6.30. The van der Waals surface area contributed by atoms with Gasteiger partial charge in [-0.2, -0.15) is 4.39 Å². The molecule has 0 aliphatic heterocycles. The first kappa shape index (κ1) is 13.6. The summed E-state index contributed by atoms with van der Waals surface area (Å²) in [6.45, 7) is 4.61. The van der Waals surface area contributed by atoms with Crippen LogP contribution in [-0.4, -0.2) is 42.1 Å². The average molecular weight is 240 g/mol. The maximum Gasteiger partial charge on any atom is 0.258 e. The lowest BCUT2D eigenvalue weighted by Crippen LogP contribution is -2.39. The van der Waals surface area contributed by atoms with E-state index in [2.05, 4.69) is 4.98 Å². The molecule has 0 aromatic carbocycles. The average Bonchev–Trinajstić information content (AvgIpc) is 2.29. The largest absolute Gasteiger partial charge is 0.383 e. The molecule has 0 saturated heterocycles. The third-order valence-corrected chi connectivity index (χ3v) is 2.41. The molecule has 0 saturated carbocycles. The number of carbonyl (C=O) groups is 1. The molecule has 1 aromatic heterocycles. The lowest BCUT2D eigenvalue weighted by molar-refractivity contribution is 0.0629. The second-order valence-electron chi connectivity index (χ2n) is 3.93. The SMILES string of the molecule is COCCN(C(=O)c1cccnc1F)C(C)C. The van der Waals surface area contributed by atoms with Gasteiger partial charge in [-0.05, 0) is 26.0 Å². The van der Waals surface area contributed by atoms with E-state index in [1.165, 1.54) is 12.3 Å². The van der Waals surface area contributed by atoms with Gasteiger partial charge in [-0.3, -0.25) is 4.79 Å². The molecule has 1 rings (SSSR count). The van der Waals surface area contributed by atoms with E-state index in [0.29, 0.717) is 13.2 Å². The number of pyridine rings is 1. The van der Waals surface area contributed by atoms with Crippen LogP contribution in [0, 0.1) is 5.95 Å². The van der Waals surface area contributed by atoms with Gasteiger partial charge in [0.1, 0.15) is 0 Å². The molecule has 1 amide bonds. The molecule has 0 radical (unpaired) electrons. The van der Waals surface area contributed by atoms with Gasteiger partial charge in [0.25, 0.3) is 5.91 Å². The standard InChI is InChI=1S/C12H17FN2O2/c1-9(2)15(7-8-17-3)12(16)10-5-4-6-14-11(10)13/h4-6,9H,7-8H2,1-3H3. The number of ether oxygens (including phenoxy) is 1. The van der Waals surface area contributed by atoms with Gasteiger partial charge in [0, 0.05) is 25.9 Å². The molecule has 1 aromatic rings. The quantitative estimate of drug-likeness (QED) is 0.736. The molecule has 5 heteroatoms. The highest BCUT2D eigenvalue weighted by atomic mass is 19.1. The number of halogens is 1. The maximum absolute atomic E-state index is 13.4. The van der Waals surface area contributed by atoms with E-state index in [1.807, 2.05) is 13.8 Å². The third kappa shape index (κ3) is 3.49. The number of rotatable bonds is 5. The normalized spacial score (nSPS) is 10.6. The van der Waals surface area contributed by atoms with Crippen molar-refractivity contribution in [1.29, 1.82) is 0 Å². The van der Waals surface area contributed by atoms with Gasteiger partial charge >= 0.3 is 0 Å². The first-order chi connectivity index (χ1) is 8.07. The summed E-state index contributed by atoms with van der Waals surface area (Å²) in [5, 5.41) is 0. The Kier molecular flexibility index (Phi) is 5.03. The third-order valence-electron chi connectivity index (χ3n) is 2.41. The number of hydrogen-bond acceptors (Lipinski definition) is 3. The Balaban J connectivity index is 2.88. The van der Waals surface area contributed by atoms with E-state index in [4.69, 9.17) is 4.74 Å². The predicted octanol–water partition coefficient (Wildman–Crippen LogP) is 1.72. The molecule has 0 aliphatic carbocycles. The summed E-state index contributed by atoms with van der Waals surface area (Å²) >= 11 is 0. The highest BCUT2D eigenvalue weighted by Crippen LogP contribution is 2.10. The molecule has 0 spiro atoms. The second-order valence-corrected chi connectivity index (χ2v) is 3.93. The Labute approximate surface area is 100 Å². The maximum atomic E-state index is 13.4. The topological polar surface area (TPSA) is 42.4 Å². The number of methoxy groups -OCH3 is 1. The van der Waals surface area contributed by atoms with Crippen LogP contribution in [0.15, 0.2) is 18.3 Å². The van der Waals surface area contributed by atoms with Crippen molar-refractivity contribution < 1.29 is 13.9 Å². The molecule has 17 heavy (non-hydrogen) atoms. The number of nitrogens with zero attached hydrogens (tertiary/aromatic N) is 2. The van der Waals surface area contributed by atoms with E-state index in [1.54, 1.807) is 18.1 Å². The van der Waals surface area contributed by atoms with Crippen LogP contribution in [0.4, 0.5) is 4.39 Å². The molecule has 1 heterocycles. The molecule has 94 valence electrons. The Morgan fingerprint density at radius 2 is 2.29 bits per heavy atom. The molecule has 0 bridgehead atoms. The van der Waals surface area contributed by atoms with Crippen LogP contribution >= 0.6 is 0 Å². The minimum Gasteiger partial charge on any atom is -0.383 e. The van der Waals surface area contributed by atoms with E-state index in [-0.39, 0.29) is 17.5 Å². The number of aromatic nitrogens is 1. The molecular formula is C12H17FN2O2. The molecule has 0 N–H and O–H groups in total. The fourth-order valence-electron chi connectivity index (χ4n) is 1.48. The highest BCUT2D eigenvalue weighted by Gasteiger charge is 2.21. The van der Waals surface area contributed by atoms with Crippen LogP contribution in [0.25, 0.3) is 0 Å². The zero-order chi connectivity index (χ0) is 12.8. The van der Waals surface area contributed by atoms with Gasteiger partial charge < -0.3 is 9.64 Å². The molecule has 0 aliphatic rings. The fraction of sp³-hybridized carbons (Fsp3) is 0.500. The van der Waals surface area contributed by atoms with Crippen molar-refractivity contribution >= 4 is 5.91 Å². The minimum atomic E-state index is -0.736. The number of carbonyl (C=O) groups excluding carboxylic acids is 1. The summed E-state index contributed by atoms with van der Waals surface area (Å²) in [5.41, 5.74) is -0.00250. The summed E-state index contributed by atoms with van der Waals surface area (Å²) in [6.07, 6.45) is 1.32.